The van der Waals surface area contributed by atoms with Gasteiger partial charge in [-0.25, -0.2) is 0 Å². The molecule has 19 heavy (non-hydrogen) atoms. The van der Waals surface area contributed by atoms with Crippen LogP contribution in [0.15, 0.2) is 18.2 Å². The number of hydrogen-bond donors (Lipinski definition) is 1. The molecule has 0 aromatic heterocycles. The third kappa shape index (κ3) is 2.27. The average Bonchev–Trinajstić information content (AvgIpc) is 2.84. The van der Waals surface area contributed by atoms with E-state index < -0.39 is 0 Å². The molecule has 2 aliphatic rings. The summed E-state index contributed by atoms with van der Waals surface area (Å²) in [5, 5.41) is 3.76. The van der Waals surface area contributed by atoms with Crippen LogP contribution in [0.2, 0.25) is 0 Å². The molecule has 1 saturated heterocycles. The summed E-state index contributed by atoms with van der Waals surface area (Å²) in [7, 11) is 1.80. The van der Waals surface area contributed by atoms with E-state index in [-0.39, 0.29) is 0 Å². The minimum Gasteiger partial charge on any atom is -0.496 e. The van der Waals surface area contributed by atoms with Crippen molar-refractivity contribution >= 4 is 0 Å². The van der Waals surface area contributed by atoms with Crippen LogP contribution in [0, 0.1) is 5.92 Å². The molecule has 0 saturated carbocycles. The second-order valence-corrected chi connectivity index (χ2v) is 6.00. The molecule has 104 valence electrons. The van der Waals surface area contributed by atoms with Crippen molar-refractivity contribution in [3.05, 3.63) is 29.3 Å². The maximum absolute atomic E-state index is 5.60. The van der Waals surface area contributed by atoms with E-state index in [9.17, 15) is 0 Å². The number of unbranched alkanes of at least 4 members (excludes halogenated alkanes) is 1. The lowest BCUT2D eigenvalue weighted by Gasteiger charge is -2.35. The average molecular weight is 259 g/mol. The quantitative estimate of drug-likeness (QED) is 0.893. The molecule has 0 radical (unpaired) electrons. The number of methoxy groups -OCH3 is 1. The summed E-state index contributed by atoms with van der Waals surface area (Å²) >= 11 is 0. The van der Waals surface area contributed by atoms with Crippen molar-refractivity contribution < 1.29 is 4.74 Å². The predicted octanol–water partition coefficient (Wildman–Crippen LogP) is 3.50. The molecule has 1 aromatic rings. The third-order valence-electron chi connectivity index (χ3n) is 4.97. The largest absolute Gasteiger partial charge is 0.496 e. The second kappa shape index (κ2) is 5.54. The summed E-state index contributed by atoms with van der Waals surface area (Å²) in [4.78, 5) is 0. The van der Waals surface area contributed by atoms with Gasteiger partial charge < -0.3 is 10.1 Å². The maximum atomic E-state index is 5.60. The zero-order valence-corrected chi connectivity index (χ0v) is 12.1. The van der Waals surface area contributed by atoms with E-state index in [1.165, 1.54) is 43.2 Å². The molecule has 1 N–H and O–H groups in total. The van der Waals surface area contributed by atoms with Gasteiger partial charge in [-0.3, -0.25) is 0 Å². The lowest BCUT2D eigenvalue weighted by molar-refractivity contribution is 0.242. The van der Waals surface area contributed by atoms with E-state index in [1.54, 1.807) is 7.11 Å². The highest BCUT2D eigenvalue weighted by molar-refractivity contribution is 5.47. The number of piperidine rings is 1. The highest BCUT2D eigenvalue weighted by atomic mass is 16.5. The van der Waals surface area contributed by atoms with Crippen LogP contribution >= 0.6 is 0 Å². The summed E-state index contributed by atoms with van der Waals surface area (Å²) in [5.41, 5.74) is 3.04. The fourth-order valence-corrected chi connectivity index (χ4v) is 4.07. The van der Waals surface area contributed by atoms with Crippen molar-refractivity contribution in [3.8, 4) is 5.75 Å². The molecule has 3 atom stereocenters. The number of nitrogens with one attached hydrogen (secondary N) is 1. The molecule has 1 aromatic carbocycles. The Morgan fingerprint density at radius 1 is 1.37 bits per heavy atom. The van der Waals surface area contributed by atoms with Gasteiger partial charge in [0, 0.05) is 11.6 Å². The Kier molecular flexibility index (Phi) is 3.79. The molecule has 0 amide bonds. The summed E-state index contributed by atoms with van der Waals surface area (Å²) in [6.07, 6.45) is 6.47. The molecule has 2 nitrogen and oxygen atoms in total. The van der Waals surface area contributed by atoms with Gasteiger partial charge in [0.2, 0.25) is 0 Å². The number of hydrogen-bond acceptors (Lipinski definition) is 2. The Balaban J connectivity index is 1.86. The van der Waals surface area contributed by atoms with Crippen LogP contribution in [0.25, 0.3) is 0 Å². The van der Waals surface area contributed by atoms with Crippen molar-refractivity contribution in [2.45, 2.75) is 51.0 Å². The van der Waals surface area contributed by atoms with Crippen LogP contribution in [0.5, 0.6) is 5.75 Å². The van der Waals surface area contributed by atoms with Crippen molar-refractivity contribution in [2.24, 2.45) is 5.92 Å². The zero-order valence-electron chi connectivity index (χ0n) is 12.1. The molecule has 1 heterocycles. The Hall–Kier alpha value is -1.02. The van der Waals surface area contributed by atoms with E-state index in [4.69, 9.17) is 4.74 Å². The smallest absolute Gasteiger partial charge is 0.122 e. The van der Waals surface area contributed by atoms with Crippen molar-refractivity contribution in [3.63, 3.8) is 0 Å². The lowest BCUT2D eigenvalue weighted by atomic mass is 9.79. The van der Waals surface area contributed by atoms with Crippen molar-refractivity contribution in [2.75, 3.05) is 13.7 Å². The Morgan fingerprint density at radius 2 is 2.26 bits per heavy atom. The summed E-state index contributed by atoms with van der Waals surface area (Å²) in [6, 6.07) is 7.27. The van der Waals surface area contributed by atoms with Crippen LogP contribution in [0.1, 0.15) is 49.7 Å². The van der Waals surface area contributed by atoms with Gasteiger partial charge in [-0.1, -0.05) is 31.9 Å². The Labute approximate surface area is 116 Å². The maximum Gasteiger partial charge on any atom is 0.122 e. The van der Waals surface area contributed by atoms with Gasteiger partial charge in [0.15, 0.2) is 0 Å². The highest BCUT2D eigenvalue weighted by Crippen LogP contribution is 2.48. The van der Waals surface area contributed by atoms with Gasteiger partial charge >= 0.3 is 0 Å². The van der Waals surface area contributed by atoms with Gasteiger partial charge in [-0.05, 0) is 49.3 Å². The molecular weight excluding hydrogens is 234 g/mol. The first-order valence-corrected chi connectivity index (χ1v) is 7.74. The fourth-order valence-electron chi connectivity index (χ4n) is 4.07. The highest BCUT2D eigenvalue weighted by Gasteiger charge is 2.40. The lowest BCUT2D eigenvalue weighted by Crippen LogP contribution is -2.43. The van der Waals surface area contributed by atoms with Gasteiger partial charge in [0.25, 0.3) is 0 Å². The monoisotopic (exact) mass is 259 g/mol. The van der Waals surface area contributed by atoms with Crippen LogP contribution in [0.3, 0.4) is 0 Å². The third-order valence-corrected chi connectivity index (χ3v) is 4.97. The van der Waals surface area contributed by atoms with E-state index in [0.29, 0.717) is 12.0 Å². The SMILES string of the molecule is CCCCC1NCCC2c3c(cccc3OC)CC12. The van der Waals surface area contributed by atoms with Crippen LogP contribution in [-0.4, -0.2) is 19.7 Å². The van der Waals surface area contributed by atoms with Crippen LogP contribution in [0.4, 0.5) is 0 Å². The minimum absolute atomic E-state index is 0.704. The number of benzene rings is 1. The normalized spacial score (nSPS) is 28.8. The van der Waals surface area contributed by atoms with Crippen molar-refractivity contribution in [1.82, 2.24) is 5.32 Å². The van der Waals surface area contributed by atoms with Crippen LogP contribution < -0.4 is 10.1 Å². The summed E-state index contributed by atoms with van der Waals surface area (Å²) in [6.45, 7) is 3.44. The molecule has 3 rings (SSSR count). The molecular formula is C17H25NO. The van der Waals surface area contributed by atoms with E-state index in [2.05, 4.69) is 30.4 Å². The molecule has 2 heteroatoms. The van der Waals surface area contributed by atoms with Gasteiger partial charge in [-0.2, -0.15) is 0 Å². The van der Waals surface area contributed by atoms with E-state index in [1.807, 2.05) is 0 Å². The topological polar surface area (TPSA) is 21.3 Å². The summed E-state index contributed by atoms with van der Waals surface area (Å²) in [5.74, 6) is 2.61. The Bertz CT molecular complexity index is 443. The van der Waals surface area contributed by atoms with Gasteiger partial charge in [-0.15, -0.1) is 0 Å². The molecule has 0 spiro atoms. The molecule has 1 fully saturated rings. The van der Waals surface area contributed by atoms with Gasteiger partial charge in [0.05, 0.1) is 7.11 Å². The first-order valence-electron chi connectivity index (χ1n) is 7.74. The molecule has 3 unspecified atom stereocenters. The molecule has 1 aliphatic heterocycles. The Morgan fingerprint density at radius 3 is 3.05 bits per heavy atom. The fraction of sp³-hybridized carbons (Fsp3) is 0.647. The second-order valence-electron chi connectivity index (χ2n) is 6.00. The zero-order chi connectivity index (χ0) is 13.2. The van der Waals surface area contributed by atoms with Gasteiger partial charge in [0.1, 0.15) is 5.75 Å². The van der Waals surface area contributed by atoms with Crippen molar-refractivity contribution in [1.29, 1.82) is 0 Å². The predicted molar refractivity (Wildman–Crippen MR) is 78.9 cm³/mol. The number of ether oxygens (including phenoxy) is 1. The molecule has 0 bridgehead atoms. The number of rotatable bonds is 4. The molecule has 1 aliphatic carbocycles. The van der Waals surface area contributed by atoms with E-state index in [0.717, 1.165) is 18.2 Å². The first kappa shape index (κ1) is 13.0. The minimum atomic E-state index is 0.704. The number of fused-ring (bicyclic) bond motifs is 3. The first-order chi connectivity index (χ1) is 9.35. The van der Waals surface area contributed by atoms with E-state index >= 15 is 0 Å². The van der Waals surface area contributed by atoms with Crippen LogP contribution in [-0.2, 0) is 6.42 Å². The standard InChI is InChI=1S/C17H25NO/c1-3-4-7-15-14-11-12-6-5-8-16(19-2)17(12)13(14)9-10-18-15/h5-6,8,13-15,18H,3-4,7,9-11H2,1-2H3. The summed E-state index contributed by atoms with van der Waals surface area (Å²) < 4.78 is 5.60.